The number of nitrogen functional groups attached to an aromatic ring is 1. The second-order valence-corrected chi connectivity index (χ2v) is 11.3. The first-order valence-electron chi connectivity index (χ1n) is 12.3. The number of nitrogens with zero attached hydrogens (tertiary/aromatic N) is 3. The van der Waals surface area contributed by atoms with Crippen LogP contribution in [0.5, 0.6) is 5.75 Å². The first-order chi connectivity index (χ1) is 16.9. The van der Waals surface area contributed by atoms with E-state index in [4.69, 9.17) is 15.5 Å². The minimum atomic E-state index is -0.754. The van der Waals surface area contributed by atoms with Crippen molar-refractivity contribution in [3.05, 3.63) is 58.9 Å². The molecule has 2 unspecified atom stereocenters. The number of anilines is 1. The number of fused-ring (bicyclic) bond motifs is 1. The van der Waals surface area contributed by atoms with Crippen LogP contribution in [0.15, 0.2) is 42.7 Å². The molecule has 3 aliphatic rings. The summed E-state index contributed by atoms with van der Waals surface area (Å²) in [4.78, 5) is 12.5. The third-order valence-corrected chi connectivity index (χ3v) is 8.98. The summed E-state index contributed by atoms with van der Waals surface area (Å²) in [6, 6.07) is 9.87. The molecule has 2 aromatic heterocycles. The van der Waals surface area contributed by atoms with E-state index in [1.807, 2.05) is 36.5 Å². The minimum Gasteiger partial charge on any atom is -0.485 e. The SMILES string of the molecule is CC1C2C1C2(O)C#Cc1cccc(COc2cc(-c3cnc(C4CCN(C)CC4)s3)cnc2N)c1. The van der Waals surface area contributed by atoms with Gasteiger partial charge in [-0.25, -0.2) is 9.97 Å². The largest absolute Gasteiger partial charge is 0.485 e. The molecule has 2 atom stereocenters. The third-order valence-electron chi connectivity index (χ3n) is 7.77. The molecule has 2 saturated carbocycles. The van der Waals surface area contributed by atoms with E-state index >= 15 is 0 Å². The van der Waals surface area contributed by atoms with E-state index in [0.717, 1.165) is 47.5 Å². The zero-order chi connectivity index (χ0) is 24.2. The number of hydrogen-bond donors (Lipinski definition) is 2. The molecule has 0 bridgehead atoms. The maximum Gasteiger partial charge on any atom is 0.166 e. The van der Waals surface area contributed by atoms with Gasteiger partial charge >= 0.3 is 0 Å². The number of aromatic nitrogens is 2. The van der Waals surface area contributed by atoms with Crippen LogP contribution in [0.3, 0.4) is 0 Å². The van der Waals surface area contributed by atoms with Crippen LogP contribution in [0.4, 0.5) is 5.82 Å². The topological polar surface area (TPSA) is 84.5 Å². The molecule has 0 spiro atoms. The molecule has 3 aromatic rings. The van der Waals surface area contributed by atoms with Gasteiger partial charge in [0.25, 0.3) is 0 Å². The maximum absolute atomic E-state index is 10.4. The molecule has 2 aliphatic carbocycles. The highest BCUT2D eigenvalue weighted by molar-refractivity contribution is 7.15. The Morgan fingerprint density at radius 2 is 2.00 bits per heavy atom. The van der Waals surface area contributed by atoms with Crippen molar-refractivity contribution in [3.63, 3.8) is 0 Å². The van der Waals surface area contributed by atoms with E-state index in [2.05, 4.69) is 35.7 Å². The van der Waals surface area contributed by atoms with Crippen LogP contribution >= 0.6 is 11.3 Å². The van der Waals surface area contributed by atoms with Gasteiger partial charge in [0, 0.05) is 41.3 Å². The second-order valence-electron chi connectivity index (χ2n) is 10.2. The average molecular weight is 487 g/mol. The van der Waals surface area contributed by atoms with Gasteiger partial charge in [0.2, 0.25) is 0 Å². The summed E-state index contributed by atoms with van der Waals surface area (Å²) in [6.45, 7) is 4.77. The molecular weight excluding hydrogens is 456 g/mol. The number of aliphatic hydroxyl groups is 1. The highest BCUT2D eigenvalue weighted by Gasteiger charge is 2.81. The van der Waals surface area contributed by atoms with Gasteiger partial charge in [0.15, 0.2) is 11.6 Å². The maximum atomic E-state index is 10.4. The number of thiazole rings is 1. The Morgan fingerprint density at radius 1 is 1.20 bits per heavy atom. The number of hydrogen-bond acceptors (Lipinski definition) is 7. The van der Waals surface area contributed by atoms with Gasteiger partial charge in [-0.2, -0.15) is 0 Å². The highest BCUT2D eigenvalue weighted by Crippen LogP contribution is 2.75. The summed E-state index contributed by atoms with van der Waals surface area (Å²) < 4.78 is 6.06. The molecule has 7 heteroatoms. The Morgan fingerprint density at radius 3 is 2.77 bits per heavy atom. The Labute approximate surface area is 210 Å². The van der Waals surface area contributed by atoms with Crippen molar-refractivity contribution < 1.29 is 9.84 Å². The molecule has 1 aromatic carbocycles. The van der Waals surface area contributed by atoms with Crippen LogP contribution < -0.4 is 10.5 Å². The van der Waals surface area contributed by atoms with Crippen molar-refractivity contribution in [1.29, 1.82) is 0 Å². The van der Waals surface area contributed by atoms with E-state index in [9.17, 15) is 5.11 Å². The molecule has 0 amide bonds. The smallest absolute Gasteiger partial charge is 0.166 e. The molecular formula is C28H30N4O2S. The summed E-state index contributed by atoms with van der Waals surface area (Å²) in [7, 11) is 2.18. The predicted molar refractivity (Wildman–Crippen MR) is 138 cm³/mol. The summed E-state index contributed by atoms with van der Waals surface area (Å²) in [5.41, 5.74) is 8.21. The normalized spacial score (nSPS) is 27.6. The van der Waals surface area contributed by atoms with Gasteiger partial charge in [-0.1, -0.05) is 30.9 Å². The molecule has 3 N–H and O–H groups in total. The molecule has 6 rings (SSSR count). The number of benzene rings is 1. The van der Waals surface area contributed by atoms with Gasteiger partial charge < -0.3 is 20.5 Å². The second kappa shape index (κ2) is 8.63. The van der Waals surface area contributed by atoms with Crippen molar-refractivity contribution in [2.24, 2.45) is 17.8 Å². The van der Waals surface area contributed by atoms with E-state index in [0.29, 0.717) is 41.8 Å². The number of pyridine rings is 1. The fraction of sp³-hybridized carbons (Fsp3) is 0.429. The van der Waals surface area contributed by atoms with Crippen LogP contribution in [0.2, 0.25) is 0 Å². The molecule has 3 fully saturated rings. The van der Waals surface area contributed by atoms with Crippen LogP contribution in [0.1, 0.15) is 41.8 Å². The fourth-order valence-corrected chi connectivity index (χ4v) is 6.45. The minimum absolute atomic E-state index is 0.362. The lowest BCUT2D eigenvalue weighted by Crippen LogP contribution is -2.29. The van der Waals surface area contributed by atoms with E-state index in [-0.39, 0.29) is 0 Å². The van der Waals surface area contributed by atoms with Gasteiger partial charge in [0.1, 0.15) is 12.2 Å². The van der Waals surface area contributed by atoms with Crippen molar-refractivity contribution in [2.75, 3.05) is 25.9 Å². The quantitative estimate of drug-likeness (QED) is 0.527. The average Bonchev–Trinajstić information content (AvgIpc) is 3.65. The predicted octanol–water partition coefficient (Wildman–Crippen LogP) is 4.15. The van der Waals surface area contributed by atoms with E-state index in [1.165, 1.54) is 5.01 Å². The zero-order valence-corrected chi connectivity index (χ0v) is 20.9. The molecule has 35 heavy (non-hydrogen) atoms. The fourth-order valence-electron chi connectivity index (χ4n) is 5.38. The first kappa shape index (κ1) is 22.5. The molecule has 6 nitrogen and oxygen atoms in total. The van der Waals surface area contributed by atoms with Crippen LogP contribution in [0.25, 0.3) is 10.4 Å². The summed E-state index contributed by atoms with van der Waals surface area (Å²) in [5.74, 6) is 9.06. The summed E-state index contributed by atoms with van der Waals surface area (Å²) >= 11 is 1.74. The van der Waals surface area contributed by atoms with Crippen molar-refractivity contribution in [3.8, 4) is 28.0 Å². The molecule has 180 valence electrons. The van der Waals surface area contributed by atoms with Crippen LogP contribution in [-0.2, 0) is 6.61 Å². The number of likely N-dealkylation sites (tertiary alicyclic amines) is 1. The van der Waals surface area contributed by atoms with Crippen LogP contribution in [0, 0.1) is 29.6 Å². The Balaban J connectivity index is 1.12. The number of nitrogens with two attached hydrogens (primary N) is 1. The number of rotatable bonds is 5. The Kier molecular flexibility index (Phi) is 5.56. The van der Waals surface area contributed by atoms with Crippen molar-refractivity contribution in [2.45, 2.75) is 37.9 Å². The molecule has 0 radical (unpaired) electrons. The summed E-state index contributed by atoms with van der Waals surface area (Å²) in [5, 5.41) is 11.6. The number of piperidine rings is 1. The first-order valence-corrected chi connectivity index (χ1v) is 13.1. The zero-order valence-electron chi connectivity index (χ0n) is 20.1. The number of ether oxygens (including phenoxy) is 1. The van der Waals surface area contributed by atoms with Gasteiger partial charge in [-0.05, 0) is 62.7 Å². The van der Waals surface area contributed by atoms with Gasteiger partial charge in [-0.3, -0.25) is 0 Å². The van der Waals surface area contributed by atoms with Gasteiger partial charge in [0.05, 0.1) is 9.88 Å². The molecule has 3 heterocycles. The lowest BCUT2D eigenvalue weighted by Gasteiger charge is -2.27. The third kappa shape index (κ3) is 4.31. The molecule has 1 saturated heterocycles. The lowest BCUT2D eigenvalue weighted by atomic mass is 9.98. The van der Waals surface area contributed by atoms with E-state index in [1.54, 1.807) is 17.5 Å². The van der Waals surface area contributed by atoms with Crippen molar-refractivity contribution in [1.82, 2.24) is 14.9 Å². The van der Waals surface area contributed by atoms with Gasteiger partial charge in [-0.15, -0.1) is 11.3 Å². The van der Waals surface area contributed by atoms with E-state index < -0.39 is 5.60 Å². The molecule has 1 aliphatic heterocycles. The Hall–Kier alpha value is -2.92. The van der Waals surface area contributed by atoms with Crippen LogP contribution in [-0.4, -0.2) is 45.7 Å². The monoisotopic (exact) mass is 486 g/mol. The standard InChI is InChI=1S/C28H30N4O2S/c1-17-24-25(17)28(24,33)9-6-18-4-3-5-19(12-18)16-34-22-13-21(14-30-26(22)29)23-15-31-27(35-23)20-7-10-32(2)11-8-20/h3-5,12-15,17,20,24-25,33H,7-8,10-11,16H2,1-2H3,(H2,29,30). The highest BCUT2D eigenvalue weighted by atomic mass is 32.1. The lowest BCUT2D eigenvalue weighted by molar-refractivity contribution is 0.129. The van der Waals surface area contributed by atoms with Crippen molar-refractivity contribution >= 4 is 17.2 Å². The Bertz CT molecular complexity index is 1310. The summed E-state index contributed by atoms with van der Waals surface area (Å²) in [6.07, 6.45) is 6.04.